The van der Waals surface area contributed by atoms with Crippen molar-refractivity contribution in [2.75, 3.05) is 24.6 Å². The van der Waals surface area contributed by atoms with Gasteiger partial charge in [-0.1, -0.05) is 53.9 Å². The number of thiazole rings is 1. The molecule has 8 heteroatoms. The van der Waals surface area contributed by atoms with Crippen LogP contribution in [0.5, 0.6) is 5.75 Å². The predicted molar refractivity (Wildman–Crippen MR) is 136 cm³/mol. The Morgan fingerprint density at radius 3 is 2.70 bits per heavy atom. The average molecular weight is 507 g/mol. The summed E-state index contributed by atoms with van der Waals surface area (Å²) in [6.07, 6.45) is 5.38. The van der Waals surface area contributed by atoms with Crippen molar-refractivity contribution in [3.8, 4) is 5.75 Å². The fourth-order valence-corrected chi connectivity index (χ4v) is 6.14. The number of halogens is 2. The zero-order chi connectivity index (χ0) is 23.4. The topological polar surface area (TPSA) is 62.7 Å². The van der Waals surface area contributed by atoms with E-state index in [0.29, 0.717) is 22.9 Å². The second kappa shape index (κ2) is 10.5. The summed E-state index contributed by atoms with van der Waals surface area (Å²) in [6, 6.07) is 11.0. The molecule has 1 aliphatic rings. The Bertz CT molecular complexity index is 1130. The fourth-order valence-electron chi connectivity index (χ4n) is 4.67. The molecular formula is C25H28Cl2N2O3S. The highest BCUT2D eigenvalue weighted by Gasteiger charge is 2.34. The van der Waals surface area contributed by atoms with Gasteiger partial charge in [0.05, 0.1) is 28.3 Å². The molecule has 1 aliphatic heterocycles. The number of ether oxygens (including phenoxy) is 1. The molecule has 0 saturated carbocycles. The maximum Gasteiger partial charge on any atom is 0.307 e. The van der Waals surface area contributed by atoms with E-state index >= 15 is 0 Å². The van der Waals surface area contributed by atoms with Crippen molar-refractivity contribution in [2.24, 2.45) is 5.41 Å². The van der Waals surface area contributed by atoms with Gasteiger partial charge < -0.3 is 14.7 Å². The first-order chi connectivity index (χ1) is 15.9. The van der Waals surface area contributed by atoms with Crippen LogP contribution in [0, 0.1) is 5.41 Å². The molecule has 3 aromatic rings. The number of rotatable bonds is 9. The Hall–Kier alpha value is -2.02. The van der Waals surface area contributed by atoms with Gasteiger partial charge in [-0.05, 0) is 67.0 Å². The highest BCUT2D eigenvalue weighted by atomic mass is 35.5. The molecule has 0 bridgehead atoms. The van der Waals surface area contributed by atoms with Crippen molar-refractivity contribution in [3.05, 3.63) is 52.0 Å². The summed E-state index contributed by atoms with van der Waals surface area (Å²) in [4.78, 5) is 18.2. The number of anilines is 1. The van der Waals surface area contributed by atoms with Crippen molar-refractivity contribution in [1.29, 1.82) is 0 Å². The van der Waals surface area contributed by atoms with Crippen molar-refractivity contribution in [2.45, 2.75) is 45.4 Å². The Balaban J connectivity index is 1.38. The lowest BCUT2D eigenvalue weighted by Gasteiger charge is -2.42. The SMILES string of the molecule is CCCC1(CCOc2cc(CC(=O)O)ccc2Cl)CCN(c2nc3ccc(Cl)cc3s2)CC1. The van der Waals surface area contributed by atoms with Crippen LogP contribution in [0.3, 0.4) is 0 Å². The van der Waals surface area contributed by atoms with Crippen LogP contribution in [-0.2, 0) is 11.2 Å². The first kappa shape index (κ1) is 24.1. The van der Waals surface area contributed by atoms with Crippen molar-refractivity contribution in [3.63, 3.8) is 0 Å². The van der Waals surface area contributed by atoms with E-state index < -0.39 is 5.97 Å². The summed E-state index contributed by atoms with van der Waals surface area (Å²) >= 11 is 14.1. The maximum absolute atomic E-state index is 11.0. The second-order valence-electron chi connectivity index (χ2n) is 8.78. The number of aliphatic carboxylic acids is 1. The third kappa shape index (κ3) is 5.92. The highest BCUT2D eigenvalue weighted by molar-refractivity contribution is 7.22. The normalized spacial score (nSPS) is 15.7. The number of benzene rings is 2. The van der Waals surface area contributed by atoms with Gasteiger partial charge in [0.15, 0.2) is 5.13 Å². The Morgan fingerprint density at radius 1 is 1.18 bits per heavy atom. The molecule has 1 N–H and O–H groups in total. The van der Waals surface area contributed by atoms with E-state index in [1.54, 1.807) is 29.5 Å². The first-order valence-corrected chi connectivity index (χ1v) is 12.9. The standard InChI is InChI=1S/C25H28Cl2N2O3S/c1-2-7-25(10-13-32-21-14-17(15-23(30)31)3-5-19(21)27)8-11-29(12-9-25)24-28-20-6-4-18(26)16-22(20)33-24/h3-6,14,16H,2,7-13,15H2,1H3,(H,30,31). The summed E-state index contributed by atoms with van der Waals surface area (Å²) in [5.74, 6) is -0.305. The zero-order valence-electron chi connectivity index (χ0n) is 18.7. The molecule has 1 saturated heterocycles. The molecule has 5 nitrogen and oxygen atoms in total. The van der Waals surface area contributed by atoms with Gasteiger partial charge in [-0.3, -0.25) is 4.79 Å². The maximum atomic E-state index is 11.0. The van der Waals surface area contributed by atoms with E-state index in [-0.39, 0.29) is 11.8 Å². The molecule has 4 rings (SSSR count). The van der Waals surface area contributed by atoms with Crippen LogP contribution < -0.4 is 9.64 Å². The van der Waals surface area contributed by atoms with Crippen molar-refractivity contribution in [1.82, 2.24) is 4.98 Å². The molecular weight excluding hydrogens is 479 g/mol. The Kier molecular flexibility index (Phi) is 7.67. The lowest BCUT2D eigenvalue weighted by atomic mass is 9.73. The van der Waals surface area contributed by atoms with Gasteiger partial charge in [-0.25, -0.2) is 4.98 Å². The van der Waals surface area contributed by atoms with Crippen molar-refractivity contribution >= 4 is 55.9 Å². The number of nitrogens with zero attached hydrogens (tertiary/aromatic N) is 2. The molecule has 0 radical (unpaired) electrons. The molecule has 0 atom stereocenters. The van der Waals surface area contributed by atoms with E-state index in [1.807, 2.05) is 18.2 Å². The molecule has 1 fully saturated rings. The minimum Gasteiger partial charge on any atom is -0.492 e. The minimum atomic E-state index is -0.867. The minimum absolute atomic E-state index is 0.0406. The first-order valence-electron chi connectivity index (χ1n) is 11.3. The van der Waals surface area contributed by atoms with Gasteiger partial charge in [0, 0.05) is 18.1 Å². The van der Waals surface area contributed by atoms with Gasteiger partial charge in [0.25, 0.3) is 0 Å². The smallest absolute Gasteiger partial charge is 0.307 e. The molecule has 176 valence electrons. The average Bonchev–Trinajstić information content (AvgIpc) is 3.19. The Morgan fingerprint density at radius 2 is 1.97 bits per heavy atom. The van der Waals surface area contributed by atoms with Gasteiger partial charge in [0.1, 0.15) is 5.75 Å². The highest BCUT2D eigenvalue weighted by Crippen LogP contribution is 2.42. The van der Waals surface area contributed by atoms with Crippen LogP contribution in [0.4, 0.5) is 5.13 Å². The summed E-state index contributed by atoms with van der Waals surface area (Å²) in [6.45, 7) is 4.75. The summed E-state index contributed by atoms with van der Waals surface area (Å²) < 4.78 is 7.16. The van der Waals surface area contributed by atoms with E-state index in [1.165, 1.54) is 0 Å². The predicted octanol–water partition coefficient (Wildman–Crippen LogP) is 7.09. The molecule has 2 aromatic carbocycles. The number of aromatic nitrogens is 1. The van der Waals surface area contributed by atoms with Crippen LogP contribution in [0.1, 0.15) is 44.6 Å². The quantitative estimate of drug-likeness (QED) is 0.335. The lowest BCUT2D eigenvalue weighted by Crippen LogP contribution is -2.41. The van der Waals surface area contributed by atoms with E-state index in [0.717, 1.165) is 65.6 Å². The number of hydrogen-bond acceptors (Lipinski definition) is 5. The van der Waals surface area contributed by atoms with E-state index in [2.05, 4.69) is 11.8 Å². The number of hydrogen-bond donors (Lipinski definition) is 1. The largest absolute Gasteiger partial charge is 0.492 e. The van der Waals surface area contributed by atoms with Crippen LogP contribution in [-0.4, -0.2) is 35.8 Å². The number of piperidine rings is 1. The summed E-state index contributed by atoms with van der Waals surface area (Å²) in [5.41, 5.74) is 1.92. The molecule has 2 heterocycles. The lowest BCUT2D eigenvalue weighted by molar-refractivity contribution is -0.136. The summed E-state index contributed by atoms with van der Waals surface area (Å²) in [7, 11) is 0. The monoisotopic (exact) mass is 506 g/mol. The fraction of sp³-hybridized carbons (Fsp3) is 0.440. The van der Waals surface area contributed by atoms with Crippen molar-refractivity contribution < 1.29 is 14.6 Å². The number of carboxylic acids is 1. The van der Waals surface area contributed by atoms with Crippen LogP contribution in [0.25, 0.3) is 10.2 Å². The third-order valence-corrected chi connectivity index (χ3v) is 8.08. The van der Waals surface area contributed by atoms with Gasteiger partial charge in [-0.15, -0.1) is 0 Å². The second-order valence-corrected chi connectivity index (χ2v) is 10.6. The molecule has 0 unspecified atom stereocenters. The zero-order valence-corrected chi connectivity index (χ0v) is 21.0. The van der Waals surface area contributed by atoms with E-state index in [9.17, 15) is 4.79 Å². The number of carbonyl (C=O) groups is 1. The Labute approximate surface area is 208 Å². The molecule has 33 heavy (non-hydrogen) atoms. The van der Waals surface area contributed by atoms with Gasteiger partial charge in [0.2, 0.25) is 0 Å². The molecule has 0 amide bonds. The molecule has 0 aliphatic carbocycles. The van der Waals surface area contributed by atoms with Crippen LogP contribution in [0.2, 0.25) is 10.0 Å². The van der Waals surface area contributed by atoms with Gasteiger partial charge in [-0.2, -0.15) is 0 Å². The number of fused-ring (bicyclic) bond motifs is 1. The van der Waals surface area contributed by atoms with E-state index in [4.69, 9.17) is 38.0 Å². The number of carboxylic acid groups (broad SMARTS) is 1. The van der Waals surface area contributed by atoms with Crippen LogP contribution in [0.15, 0.2) is 36.4 Å². The third-order valence-electron chi connectivity index (χ3n) is 6.46. The molecule has 1 aromatic heterocycles. The van der Waals surface area contributed by atoms with Crippen LogP contribution >= 0.6 is 34.5 Å². The van der Waals surface area contributed by atoms with Gasteiger partial charge >= 0.3 is 5.97 Å². The molecule has 0 spiro atoms. The summed E-state index contributed by atoms with van der Waals surface area (Å²) in [5, 5.41) is 11.4.